The molecule has 0 amide bonds. The van der Waals surface area contributed by atoms with E-state index in [9.17, 15) is 4.39 Å². The first-order chi connectivity index (χ1) is 8.75. The second-order valence-corrected chi connectivity index (χ2v) is 4.87. The lowest BCUT2D eigenvalue weighted by Gasteiger charge is -2.06. The van der Waals surface area contributed by atoms with Crippen molar-refractivity contribution in [3.05, 3.63) is 64.5 Å². The summed E-state index contributed by atoms with van der Waals surface area (Å²) in [5.74, 6) is -0.246. The lowest BCUT2D eigenvalue weighted by atomic mass is 10.2. The average Bonchev–Trinajstić information content (AvgIpc) is 2.79. The molecule has 0 bridgehead atoms. The lowest BCUT2D eigenvalue weighted by molar-refractivity contribution is 0.613. The molecule has 2 aromatic carbocycles. The van der Waals surface area contributed by atoms with Crippen LogP contribution in [-0.2, 0) is 6.54 Å². The second kappa shape index (κ2) is 4.53. The minimum Gasteiger partial charge on any atom is -0.260 e. The van der Waals surface area contributed by atoms with Crippen molar-refractivity contribution in [1.29, 1.82) is 0 Å². The Morgan fingerprint density at radius 1 is 1.11 bits per heavy atom. The Labute approximate surface area is 112 Å². The van der Waals surface area contributed by atoms with Crippen molar-refractivity contribution in [2.24, 2.45) is 0 Å². The summed E-state index contributed by atoms with van der Waals surface area (Å²) in [5.41, 5.74) is 1.93. The van der Waals surface area contributed by atoms with Crippen molar-refractivity contribution in [1.82, 2.24) is 9.78 Å². The highest BCUT2D eigenvalue weighted by Crippen LogP contribution is 2.22. The molecule has 0 aliphatic heterocycles. The van der Waals surface area contributed by atoms with Gasteiger partial charge >= 0.3 is 0 Å². The summed E-state index contributed by atoms with van der Waals surface area (Å²) in [4.78, 5) is 0. The highest BCUT2D eigenvalue weighted by molar-refractivity contribution is 9.10. The summed E-state index contributed by atoms with van der Waals surface area (Å²) in [5, 5.41) is 5.42. The van der Waals surface area contributed by atoms with Crippen LogP contribution in [0.1, 0.15) is 5.56 Å². The topological polar surface area (TPSA) is 17.8 Å². The van der Waals surface area contributed by atoms with E-state index in [1.807, 2.05) is 41.2 Å². The molecule has 3 rings (SSSR count). The third-order valence-electron chi connectivity index (χ3n) is 2.90. The molecule has 1 heterocycles. The first-order valence-corrected chi connectivity index (χ1v) is 6.38. The number of fused-ring (bicyclic) bond motifs is 1. The molecule has 0 radical (unpaired) electrons. The maximum atomic E-state index is 13.4. The standard InChI is InChI=1S/C14H10BrFN2/c15-14-11(5-3-6-12(14)16)9-18-13-7-2-1-4-10(13)8-17-18/h1-8H,9H2. The SMILES string of the molecule is Fc1cccc(Cn2ncc3ccccc32)c1Br. The van der Waals surface area contributed by atoms with Gasteiger partial charge in [0, 0.05) is 5.39 Å². The van der Waals surface area contributed by atoms with Crippen LogP contribution in [0, 0.1) is 5.82 Å². The molecule has 0 atom stereocenters. The molecule has 1 aromatic heterocycles. The van der Waals surface area contributed by atoms with Crippen LogP contribution in [0.2, 0.25) is 0 Å². The minimum atomic E-state index is -0.246. The number of halogens is 2. The second-order valence-electron chi connectivity index (χ2n) is 4.07. The Morgan fingerprint density at radius 2 is 1.94 bits per heavy atom. The summed E-state index contributed by atoms with van der Waals surface area (Å²) >= 11 is 3.27. The van der Waals surface area contributed by atoms with E-state index in [1.54, 1.807) is 6.07 Å². The third-order valence-corrected chi connectivity index (χ3v) is 3.79. The molecule has 3 aromatic rings. The number of para-hydroxylation sites is 1. The quantitative estimate of drug-likeness (QED) is 0.700. The molecule has 0 spiro atoms. The number of aromatic nitrogens is 2. The van der Waals surface area contributed by atoms with E-state index in [2.05, 4.69) is 21.0 Å². The van der Waals surface area contributed by atoms with E-state index in [0.717, 1.165) is 16.5 Å². The van der Waals surface area contributed by atoms with Crippen molar-refractivity contribution < 1.29 is 4.39 Å². The maximum Gasteiger partial charge on any atom is 0.137 e. The predicted octanol–water partition coefficient (Wildman–Crippen LogP) is 3.99. The highest BCUT2D eigenvalue weighted by atomic mass is 79.9. The molecule has 0 fully saturated rings. The molecule has 0 unspecified atom stereocenters. The Hall–Kier alpha value is -1.68. The van der Waals surface area contributed by atoms with E-state index < -0.39 is 0 Å². The van der Waals surface area contributed by atoms with Crippen LogP contribution in [0.25, 0.3) is 10.9 Å². The summed E-state index contributed by atoms with van der Waals surface area (Å²) in [6.45, 7) is 0.547. The van der Waals surface area contributed by atoms with Gasteiger partial charge in [0.25, 0.3) is 0 Å². The molecule has 0 saturated heterocycles. The van der Waals surface area contributed by atoms with Crippen molar-refractivity contribution in [3.8, 4) is 0 Å². The summed E-state index contributed by atoms with van der Waals surface area (Å²) in [6, 6.07) is 13.0. The van der Waals surface area contributed by atoms with Crippen LogP contribution >= 0.6 is 15.9 Å². The monoisotopic (exact) mass is 304 g/mol. The lowest BCUT2D eigenvalue weighted by Crippen LogP contribution is -2.02. The minimum absolute atomic E-state index is 0.246. The van der Waals surface area contributed by atoms with Gasteiger partial charge in [-0.25, -0.2) is 4.39 Å². The normalized spacial score (nSPS) is 11.0. The van der Waals surface area contributed by atoms with Crippen LogP contribution in [0.15, 0.2) is 53.1 Å². The van der Waals surface area contributed by atoms with E-state index >= 15 is 0 Å². The molecule has 2 nitrogen and oxygen atoms in total. The Morgan fingerprint density at radius 3 is 2.83 bits per heavy atom. The van der Waals surface area contributed by atoms with Crippen LogP contribution in [0.3, 0.4) is 0 Å². The fraction of sp³-hybridized carbons (Fsp3) is 0.0714. The van der Waals surface area contributed by atoms with Gasteiger partial charge in [0.2, 0.25) is 0 Å². The molecule has 4 heteroatoms. The fourth-order valence-electron chi connectivity index (χ4n) is 1.98. The zero-order valence-electron chi connectivity index (χ0n) is 9.48. The van der Waals surface area contributed by atoms with Crippen molar-refractivity contribution >= 4 is 26.8 Å². The van der Waals surface area contributed by atoms with Gasteiger partial charge in [-0.15, -0.1) is 0 Å². The zero-order valence-corrected chi connectivity index (χ0v) is 11.1. The average molecular weight is 305 g/mol. The van der Waals surface area contributed by atoms with Crippen molar-refractivity contribution in [2.45, 2.75) is 6.54 Å². The van der Waals surface area contributed by atoms with Crippen LogP contribution < -0.4 is 0 Å². The molecule has 18 heavy (non-hydrogen) atoms. The van der Waals surface area contributed by atoms with Crippen molar-refractivity contribution in [3.63, 3.8) is 0 Å². The largest absolute Gasteiger partial charge is 0.260 e. The number of rotatable bonds is 2. The highest BCUT2D eigenvalue weighted by Gasteiger charge is 2.08. The summed E-state index contributed by atoms with van der Waals surface area (Å²) in [6.07, 6.45) is 1.82. The first kappa shape index (κ1) is 11.4. The smallest absolute Gasteiger partial charge is 0.137 e. The number of benzene rings is 2. The first-order valence-electron chi connectivity index (χ1n) is 5.59. The summed E-state index contributed by atoms with van der Waals surface area (Å²) in [7, 11) is 0. The Bertz CT molecular complexity index is 706. The van der Waals surface area contributed by atoms with E-state index in [4.69, 9.17) is 0 Å². The van der Waals surface area contributed by atoms with Gasteiger partial charge < -0.3 is 0 Å². The Balaban J connectivity index is 2.04. The molecule has 0 aliphatic carbocycles. The molecular formula is C14H10BrFN2. The summed E-state index contributed by atoms with van der Waals surface area (Å²) < 4.78 is 15.8. The number of nitrogens with zero attached hydrogens (tertiary/aromatic N) is 2. The van der Waals surface area contributed by atoms with Gasteiger partial charge in [0.05, 0.1) is 22.7 Å². The van der Waals surface area contributed by atoms with E-state index in [-0.39, 0.29) is 5.82 Å². The van der Waals surface area contributed by atoms with Gasteiger partial charge in [-0.2, -0.15) is 5.10 Å². The number of hydrogen-bond donors (Lipinski definition) is 0. The van der Waals surface area contributed by atoms with Gasteiger partial charge in [-0.05, 0) is 33.6 Å². The van der Waals surface area contributed by atoms with Crippen LogP contribution in [0.5, 0.6) is 0 Å². The molecule has 90 valence electrons. The maximum absolute atomic E-state index is 13.4. The predicted molar refractivity (Wildman–Crippen MR) is 72.9 cm³/mol. The van der Waals surface area contributed by atoms with E-state index in [0.29, 0.717) is 11.0 Å². The third kappa shape index (κ3) is 1.93. The van der Waals surface area contributed by atoms with Gasteiger partial charge in [0.1, 0.15) is 5.82 Å². The number of hydrogen-bond acceptors (Lipinski definition) is 1. The van der Waals surface area contributed by atoms with E-state index in [1.165, 1.54) is 6.07 Å². The molecule has 0 N–H and O–H groups in total. The van der Waals surface area contributed by atoms with Gasteiger partial charge in [-0.1, -0.05) is 30.3 Å². The van der Waals surface area contributed by atoms with Crippen molar-refractivity contribution in [2.75, 3.05) is 0 Å². The van der Waals surface area contributed by atoms with Crippen LogP contribution in [-0.4, -0.2) is 9.78 Å². The Kier molecular flexibility index (Phi) is 2.88. The zero-order chi connectivity index (χ0) is 12.5. The van der Waals surface area contributed by atoms with Gasteiger partial charge in [0.15, 0.2) is 0 Å². The van der Waals surface area contributed by atoms with Crippen LogP contribution in [0.4, 0.5) is 4.39 Å². The molecule has 0 aliphatic rings. The molecular weight excluding hydrogens is 295 g/mol. The fourth-order valence-corrected chi connectivity index (χ4v) is 2.37. The molecule has 0 saturated carbocycles. The van der Waals surface area contributed by atoms with Gasteiger partial charge in [-0.3, -0.25) is 4.68 Å².